The van der Waals surface area contributed by atoms with Gasteiger partial charge < -0.3 is 9.84 Å². The molecule has 0 spiro atoms. The molecule has 1 aliphatic rings. The number of benzene rings is 2. The lowest BCUT2D eigenvalue weighted by molar-refractivity contribution is 0.00320. The van der Waals surface area contributed by atoms with E-state index in [2.05, 4.69) is 24.3 Å². The number of thioether (sulfide) groups is 1. The number of aliphatic hydroxyl groups is 1. The summed E-state index contributed by atoms with van der Waals surface area (Å²) in [6, 6.07) is 16.4. The second kappa shape index (κ2) is 6.65. The summed E-state index contributed by atoms with van der Waals surface area (Å²) in [6.07, 6.45) is 3.10. The third-order valence-electron chi connectivity index (χ3n) is 4.03. The molecule has 0 radical (unpaired) electrons. The minimum atomic E-state index is -0.496. The largest absolute Gasteiger partial charge is 0.388 e. The molecule has 0 aromatic heterocycles. The molecule has 0 amide bonds. The lowest BCUT2D eigenvalue weighted by atomic mass is 9.92. The number of fused-ring (bicyclic) bond motifs is 1. The van der Waals surface area contributed by atoms with Crippen molar-refractivity contribution in [3.63, 3.8) is 0 Å². The molecule has 2 nitrogen and oxygen atoms in total. The molecule has 2 aromatic carbocycles. The van der Waals surface area contributed by atoms with Crippen molar-refractivity contribution in [1.29, 1.82) is 0 Å². The van der Waals surface area contributed by atoms with Gasteiger partial charge in [0, 0.05) is 11.3 Å². The van der Waals surface area contributed by atoms with E-state index in [1.165, 1.54) is 11.1 Å². The van der Waals surface area contributed by atoms with Gasteiger partial charge in [0.15, 0.2) is 0 Å². The Kier molecular flexibility index (Phi) is 4.63. The second-order valence-corrected chi connectivity index (χ2v) is 6.15. The number of aliphatic hydroxyl groups excluding tert-OH is 1. The SMILES string of the molecule is CSc1ccccc1C(O)CC1OCCc2ccccc21. The first-order chi connectivity index (χ1) is 10.3. The summed E-state index contributed by atoms with van der Waals surface area (Å²) in [6.45, 7) is 0.735. The maximum absolute atomic E-state index is 10.6. The predicted octanol–water partition coefficient (Wildman–Crippen LogP) is 4.15. The van der Waals surface area contributed by atoms with Gasteiger partial charge in [0.2, 0.25) is 0 Å². The quantitative estimate of drug-likeness (QED) is 0.860. The molecule has 1 heterocycles. The van der Waals surface area contributed by atoms with Crippen LogP contribution in [0.15, 0.2) is 53.4 Å². The molecule has 0 bridgehead atoms. The molecule has 2 atom stereocenters. The Morgan fingerprint density at radius 3 is 2.81 bits per heavy atom. The van der Waals surface area contributed by atoms with Crippen LogP contribution in [0, 0.1) is 0 Å². The van der Waals surface area contributed by atoms with Gasteiger partial charge in [-0.15, -0.1) is 11.8 Å². The van der Waals surface area contributed by atoms with Crippen LogP contribution in [0.25, 0.3) is 0 Å². The molecule has 0 fully saturated rings. The average Bonchev–Trinajstić information content (AvgIpc) is 2.55. The van der Waals surface area contributed by atoms with Crippen molar-refractivity contribution in [2.75, 3.05) is 12.9 Å². The lowest BCUT2D eigenvalue weighted by Crippen LogP contribution is -2.18. The second-order valence-electron chi connectivity index (χ2n) is 5.30. The molecule has 2 unspecified atom stereocenters. The first-order valence-electron chi connectivity index (χ1n) is 7.30. The van der Waals surface area contributed by atoms with Gasteiger partial charge in [0.05, 0.1) is 18.8 Å². The Balaban J connectivity index is 1.81. The van der Waals surface area contributed by atoms with E-state index in [9.17, 15) is 5.11 Å². The van der Waals surface area contributed by atoms with E-state index in [4.69, 9.17) is 4.74 Å². The fourth-order valence-corrected chi connectivity index (χ4v) is 3.60. The van der Waals surface area contributed by atoms with Crippen molar-refractivity contribution in [1.82, 2.24) is 0 Å². The van der Waals surface area contributed by atoms with Crippen LogP contribution in [-0.2, 0) is 11.2 Å². The van der Waals surface area contributed by atoms with Crippen molar-refractivity contribution < 1.29 is 9.84 Å². The van der Waals surface area contributed by atoms with Gasteiger partial charge in [0.1, 0.15) is 0 Å². The first-order valence-corrected chi connectivity index (χ1v) is 8.52. The van der Waals surface area contributed by atoms with Gasteiger partial charge in [-0.1, -0.05) is 42.5 Å². The normalized spacial score (nSPS) is 19.0. The van der Waals surface area contributed by atoms with E-state index in [1.54, 1.807) is 11.8 Å². The van der Waals surface area contributed by atoms with Crippen LogP contribution in [0.5, 0.6) is 0 Å². The molecule has 1 aliphatic heterocycles. The Bertz CT molecular complexity index is 612. The van der Waals surface area contributed by atoms with Crippen LogP contribution in [0.3, 0.4) is 0 Å². The van der Waals surface area contributed by atoms with Crippen LogP contribution in [0.1, 0.15) is 35.3 Å². The zero-order valence-corrected chi connectivity index (χ0v) is 13.0. The highest BCUT2D eigenvalue weighted by Gasteiger charge is 2.24. The molecule has 2 aromatic rings. The maximum atomic E-state index is 10.6. The Morgan fingerprint density at radius 2 is 1.95 bits per heavy atom. The van der Waals surface area contributed by atoms with E-state index in [1.807, 2.05) is 30.5 Å². The molecule has 1 N–H and O–H groups in total. The Labute approximate surface area is 130 Å². The van der Waals surface area contributed by atoms with Gasteiger partial charge >= 0.3 is 0 Å². The molecule has 3 heteroatoms. The zero-order chi connectivity index (χ0) is 14.7. The monoisotopic (exact) mass is 300 g/mol. The summed E-state index contributed by atoms with van der Waals surface area (Å²) in [5, 5.41) is 10.6. The maximum Gasteiger partial charge on any atom is 0.0855 e. The van der Waals surface area contributed by atoms with E-state index in [0.29, 0.717) is 6.42 Å². The fraction of sp³-hybridized carbons (Fsp3) is 0.333. The molecule has 0 saturated heterocycles. The van der Waals surface area contributed by atoms with E-state index in [0.717, 1.165) is 23.5 Å². The summed E-state index contributed by atoms with van der Waals surface area (Å²) < 4.78 is 5.90. The Hall–Kier alpha value is -1.29. The molecule has 3 rings (SSSR count). The summed E-state index contributed by atoms with van der Waals surface area (Å²) in [4.78, 5) is 1.13. The third kappa shape index (κ3) is 3.15. The standard InChI is InChI=1S/C18H20O2S/c1-21-18-9-5-4-8-15(18)16(19)12-17-14-7-3-2-6-13(14)10-11-20-17/h2-9,16-17,19H,10-12H2,1H3. The summed E-state index contributed by atoms with van der Waals surface area (Å²) in [7, 11) is 0. The van der Waals surface area contributed by atoms with Gasteiger partial charge in [0.25, 0.3) is 0 Å². The van der Waals surface area contributed by atoms with E-state index < -0.39 is 6.10 Å². The van der Waals surface area contributed by atoms with Crippen LogP contribution >= 0.6 is 11.8 Å². The third-order valence-corrected chi connectivity index (χ3v) is 4.84. The highest BCUT2D eigenvalue weighted by atomic mass is 32.2. The summed E-state index contributed by atoms with van der Waals surface area (Å²) in [5.41, 5.74) is 3.57. The van der Waals surface area contributed by atoms with Crippen molar-refractivity contribution in [3.05, 3.63) is 65.2 Å². The van der Waals surface area contributed by atoms with Gasteiger partial charge in [-0.3, -0.25) is 0 Å². The van der Waals surface area contributed by atoms with Crippen molar-refractivity contribution in [2.45, 2.75) is 29.9 Å². The molecule has 21 heavy (non-hydrogen) atoms. The number of hydrogen-bond donors (Lipinski definition) is 1. The highest BCUT2D eigenvalue weighted by Crippen LogP contribution is 2.36. The van der Waals surface area contributed by atoms with Gasteiger partial charge in [-0.2, -0.15) is 0 Å². The molecule has 110 valence electrons. The van der Waals surface area contributed by atoms with Gasteiger partial charge in [-0.25, -0.2) is 0 Å². The van der Waals surface area contributed by atoms with Crippen molar-refractivity contribution in [2.24, 2.45) is 0 Å². The average molecular weight is 300 g/mol. The number of hydrogen-bond acceptors (Lipinski definition) is 3. The zero-order valence-electron chi connectivity index (χ0n) is 12.2. The van der Waals surface area contributed by atoms with Crippen LogP contribution in [0.4, 0.5) is 0 Å². The van der Waals surface area contributed by atoms with E-state index in [-0.39, 0.29) is 6.10 Å². The first kappa shape index (κ1) is 14.6. The van der Waals surface area contributed by atoms with Crippen molar-refractivity contribution >= 4 is 11.8 Å². The Morgan fingerprint density at radius 1 is 1.19 bits per heavy atom. The van der Waals surface area contributed by atoms with E-state index >= 15 is 0 Å². The van der Waals surface area contributed by atoms with Crippen LogP contribution in [-0.4, -0.2) is 18.0 Å². The molecule has 0 saturated carbocycles. The number of rotatable bonds is 4. The minimum Gasteiger partial charge on any atom is -0.388 e. The smallest absolute Gasteiger partial charge is 0.0855 e. The minimum absolute atomic E-state index is 0.0140. The van der Waals surface area contributed by atoms with Crippen LogP contribution in [0.2, 0.25) is 0 Å². The lowest BCUT2D eigenvalue weighted by Gasteiger charge is -2.28. The summed E-state index contributed by atoms with van der Waals surface area (Å²) in [5.74, 6) is 0. The topological polar surface area (TPSA) is 29.5 Å². The van der Waals surface area contributed by atoms with Gasteiger partial charge in [-0.05, 0) is 35.4 Å². The highest BCUT2D eigenvalue weighted by molar-refractivity contribution is 7.98. The molecular formula is C18H20O2S. The predicted molar refractivity (Wildman–Crippen MR) is 86.6 cm³/mol. The van der Waals surface area contributed by atoms with Crippen LogP contribution < -0.4 is 0 Å². The number of ether oxygens (including phenoxy) is 1. The summed E-state index contributed by atoms with van der Waals surface area (Å²) >= 11 is 1.67. The van der Waals surface area contributed by atoms with Crippen molar-refractivity contribution in [3.8, 4) is 0 Å². The molecule has 0 aliphatic carbocycles. The molecular weight excluding hydrogens is 280 g/mol. The fourth-order valence-electron chi connectivity index (χ4n) is 2.94.